The molecule has 0 spiro atoms. The van der Waals surface area contributed by atoms with Crippen LogP contribution in [0.15, 0.2) is 41.3 Å². The van der Waals surface area contributed by atoms with Crippen molar-refractivity contribution in [3.8, 4) is 0 Å². The molecule has 3 rings (SSSR count). The van der Waals surface area contributed by atoms with Gasteiger partial charge in [0.2, 0.25) is 10.0 Å². The Morgan fingerprint density at radius 2 is 1.97 bits per heavy atom. The Morgan fingerprint density at radius 3 is 2.67 bits per heavy atom. The summed E-state index contributed by atoms with van der Waals surface area (Å²) in [5, 5.41) is 12.1. The molecule has 0 aromatic heterocycles. The topological polar surface area (TPSA) is 86.7 Å². The SMILES string of the molecule is O=C(Nc1ccc(F)c(Cl)c1)c1cc(CF)cc(S(=O)(=O)N2CCCC(O)CC2)c1. The largest absolute Gasteiger partial charge is 0.393 e. The summed E-state index contributed by atoms with van der Waals surface area (Å²) in [4.78, 5) is 12.4. The zero-order valence-corrected chi connectivity index (χ0v) is 17.5. The molecule has 2 aromatic rings. The number of hydrogen-bond acceptors (Lipinski definition) is 4. The second-order valence-corrected chi connectivity index (χ2v) is 9.42. The third kappa shape index (κ3) is 5.15. The molecule has 1 fully saturated rings. The maximum Gasteiger partial charge on any atom is 0.255 e. The monoisotopic (exact) mass is 458 g/mol. The van der Waals surface area contributed by atoms with Gasteiger partial charge >= 0.3 is 0 Å². The van der Waals surface area contributed by atoms with Gasteiger partial charge in [-0.25, -0.2) is 17.2 Å². The van der Waals surface area contributed by atoms with Crippen LogP contribution in [0.5, 0.6) is 0 Å². The van der Waals surface area contributed by atoms with Crippen LogP contribution in [0.4, 0.5) is 14.5 Å². The standard InChI is InChI=1S/C20H21ClF2N2O4S/c21-18-11-15(3-4-19(18)23)24-20(27)14-8-13(12-22)9-17(10-14)30(28,29)25-6-1-2-16(26)5-7-25/h3-4,8-11,16,26H,1-2,5-7,12H2,(H,24,27). The molecule has 1 aliphatic rings. The lowest BCUT2D eigenvalue weighted by Crippen LogP contribution is -2.32. The average molecular weight is 459 g/mol. The second kappa shape index (κ2) is 9.38. The molecule has 0 saturated carbocycles. The number of anilines is 1. The highest BCUT2D eigenvalue weighted by Gasteiger charge is 2.28. The molecule has 1 atom stereocenters. The Morgan fingerprint density at radius 1 is 1.20 bits per heavy atom. The molecule has 10 heteroatoms. The number of carbonyl (C=O) groups is 1. The summed E-state index contributed by atoms with van der Waals surface area (Å²) in [6.07, 6.45) is 0.749. The maximum absolute atomic E-state index is 13.4. The predicted octanol–water partition coefficient (Wildman–Crippen LogP) is 3.74. The molecule has 0 radical (unpaired) electrons. The van der Waals surface area contributed by atoms with Crippen molar-refractivity contribution in [1.82, 2.24) is 4.31 Å². The molecule has 0 aliphatic carbocycles. The number of nitrogens with zero attached hydrogens (tertiary/aromatic N) is 1. The minimum Gasteiger partial charge on any atom is -0.393 e. The minimum absolute atomic E-state index is 0.0354. The second-order valence-electron chi connectivity index (χ2n) is 7.07. The van der Waals surface area contributed by atoms with Gasteiger partial charge in [0.1, 0.15) is 12.5 Å². The van der Waals surface area contributed by atoms with Crippen molar-refractivity contribution in [2.75, 3.05) is 18.4 Å². The predicted molar refractivity (Wildman–Crippen MR) is 109 cm³/mol. The molecule has 30 heavy (non-hydrogen) atoms. The van der Waals surface area contributed by atoms with Gasteiger partial charge in [0, 0.05) is 24.3 Å². The lowest BCUT2D eigenvalue weighted by atomic mass is 10.1. The van der Waals surface area contributed by atoms with Crippen molar-refractivity contribution < 1.29 is 27.1 Å². The molecule has 1 aliphatic heterocycles. The van der Waals surface area contributed by atoms with Gasteiger partial charge in [-0.15, -0.1) is 0 Å². The molecule has 0 bridgehead atoms. The van der Waals surface area contributed by atoms with Gasteiger partial charge < -0.3 is 10.4 Å². The van der Waals surface area contributed by atoms with E-state index in [-0.39, 0.29) is 39.8 Å². The first-order chi connectivity index (χ1) is 14.2. The number of sulfonamides is 1. The number of hydrogen-bond donors (Lipinski definition) is 2. The van der Waals surface area contributed by atoms with Gasteiger partial charge in [0.05, 0.1) is 16.0 Å². The molecular weight excluding hydrogens is 438 g/mol. The van der Waals surface area contributed by atoms with E-state index in [9.17, 15) is 27.1 Å². The van der Waals surface area contributed by atoms with Crippen molar-refractivity contribution in [2.45, 2.75) is 36.9 Å². The van der Waals surface area contributed by atoms with Gasteiger partial charge in [0.25, 0.3) is 5.91 Å². The zero-order chi connectivity index (χ0) is 21.9. The van der Waals surface area contributed by atoms with E-state index in [0.717, 1.165) is 6.07 Å². The summed E-state index contributed by atoms with van der Waals surface area (Å²) in [5.74, 6) is -1.33. The minimum atomic E-state index is -3.98. The van der Waals surface area contributed by atoms with Crippen LogP contribution in [-0.2, 0) is 16.7 Å². The summed E-state index contributed by atoms with van der Waals surface area (Å²) in [6.45, 7) is -0.585. The highest BCUT2D eigenvalue weighted by Crippen LogP contribution is 2.25. The summed E-state index contributed by atoms with van der Waals surface area (Å²) >= 11 is 5.71. The number of amides is 1. The summed E-state index contributed by atoms with van der Waals surface area (Å²) in [6, 6.07) is 7.23. The van der Waals surface area contributed by atoms with E-state index >= 15 is 0 Å². The first-order valence-electron chi connectivity index (χ1n) is 9.35. The number of aliphatic hydroxyl groups excluding tert-OH is 1. The van der Waals surface area contributed by atoms with Crippen LogP contribution in [-0.4, -0.2) is 42.9 Å². The van der Waals surface area contributed by atoms with E-state index in [4.69, 9.17) is 11.6 Å². The number of alkyl halides is 1. The molecular formula is C20H21ClF2N2O4S. The van der Waals surface area contributed by atoms with Crippen molar-refractivity contribution in [2.24, 2.45) is 0 Å². The number of halogens is 3. The van der Waals surface area contributed by atoms with Gasteiger partial charge in [-0.1, -0.05) is 11.6 Å². The molecule has 1 heterocycles. The normalized spacial score (nSPS) is 18.1. The number of nitrogens with one attached hydrogen (secondary N) is 1. The van der Waals surface area contributed by atoms with Gasteiger partial charge in [-0.3, -0.25) is 4.79 Å². The first-order valence-corrected chi connectivity index (χ1v) is 11.2. The van der Waals surface area contributed by atoms with Crippen LogP contribution in [0, 0.1) is 5.82 Å². The molecule has 1 amide bonds. The van der Waals surface area contributed by atoms with E-state index in [0.29, 0.717) is 19.3 Å². The third-order valence-electron chi connectivity index (χ3n) is 4.85. The Hall–Kier alpha value is -2.07. The summed E-state index contributed by atoms with van der Waals surface area (Å²) in [7, 11) is -3.98. The fourth-order valence-electron chi connectivity index (χ4n) is 3.24. The van der Waals surface area contributed by atoms with Crippen LogP contribution in [0.3, 0.4) is 0 Å². The van der Waals surface area contributed by atoms with Gasteiger partial charge in [-0.2, -0.15) is 4.31 Å². The molecule has 1 saturated heterocycles. The molecule has 1 unspecified atom stereocenters. The van der Waals surface area contributed by atoms with Gasteiger partial charge in [0.15, 0.2) is 0 Å². The highest BCUT2D eigenvalue weighted by atomic mass is 35.5. The van der Waals surface area contributed by atoms with Crippen LogP contribution in [0.2, 0.25) is 5.02 Å². The highest BCUT2D eigenvalue weighted by molar-refractivity contribution is 7.89. The van der Waals surface area contributed by atoms with E-state index in [1.54, 1.807) is 0 Å². The molecule has 2 N–H and O–H groups in total. The van der Waals surface area contributed by atoms with Crippen LogP contribution < -0.4 is 5.32 Å². The maximum atomic E-state index is 13.4. The Labute approximate surface area is 178 Å². The molecule has 2 aromatic carbocycles. The van der Waals surface area contributed by atoms with Crippen molar-refractivity contribution >= 4 is 33.2 Å². The van der Waals surface area contributed by atoms with Crippen molar-refractivity contribution in [3.05, 3.63) is 58.4 Å². The van der Waals surface area contributed by atoms with Crippen molar-refractivity contribution in [1.29, 1.82) is 0 Å². The van der Waals surface area contributed by atoms with Crippen LogP contribution in [0.1, 0.15) is 35.2 Å². The molecule has 162 valence electrons. The van der Waals surface area contributed by atoms with Crippen LogP contribution in [0.25, 0.3) is 0 Å². The Bertz CT molecular complexity index is 1050. The number of rotatable bonds is 5. The fourth-order valence-corrected chi connectivity index (χ4v) is 5.01. The van der Waals surface area contributed by atoms with E-state index in [1.165, 1.54) is 34.6 Å². The number of benzene rings is 2. The number of carbonyl (C=O) groups excluding carboxylic acids is 1. The first kappa shape index (κ1) is 22.6. The lowest BCUT2D eigenvalue weighted by Gasteiger charge is -2.21. The quantitative estimate of drug-likeness (QED) is 0.714. The Balaban J connectivity index is 1.90. The zero-order valence-electron chi connectivity index (χ0n) is 15.9. The van der Waals surface area contributed by atoms with E-state index < -0.39 is 34.5 Å². The summed E-state index contributed by atoms with van der Waals surface area (Å²) in [5.41, 5.74) is 0.190. The number of aliphatic hydroxyl groups is 1. The lowest BCUT2D eigenvalue weighted by molar-refractivity contribution is 0.102. The fraction of sp³-hybridized carbons (Fsp3) is 0.350. The van der Waals surface area contributed by atoms with Crippen LogP contribution >= 0.6 is 11.6 Å². The third-order valence-corrected chi connectivity index (χ3v) is 7.02. The van der Waals surface area contributed by atoms with E-state index in [2.05, 4.69) is 5.32 Å². The summed E-state index contributed by atoms with van der Waals surface area (Å²) < 4.78 is 54.0. The van der Waals surface area contributed by atoms with Gasteiger partial charge in [-0.05, 0) is 61.2 Å². The van der Waals surface area contributed by atoms with E-state index in [1.807, 2.05) is 0 Å². The average Bonchev–Trinajstić information content (AvgIpc) is 2.95. The Kier molecular flexibility index (Phi) is 7.07. The smallest absolute Gasteiger partial charge is 0.255 e. The molecule has 6 nitrogen and oxygen atoms in total. The van der Waals surface area contributed by atoms with Crippen molar-refractivity contribution in [3.63, 3.8) is 0 Å².